The zero-order chi connectivity index (χ0) is 13.0. The van der Waals surface area contributed by atoms with Gasteiger partial charge in [-0.25, -0.2) is 0 Å². The molecule has 1 fully saturated rings. The molecular weight excluding hydrogens is 274 g/mol. The van der Waals surface area contributed by atoms with Crippen LogP contribution in [-0.2, 0) is 6.54 Å². The second-order valence-corrected chi connectivity index (χ2v) is 4.62. The van der Waals surface area contributed by atoms with Crippen molar-refractivity contribution in [3.05, 3.63) is 29.8 Å². The number of para-hydroxylation sites is 1. The van der Waals surface area contributed by atoms with E-state index in [2.05, 4.69) is 9.64 Å². The van der Waals surface area contributed by atoms with E-state index in [0.717, 1.165) is 31.5 Å². The highest BCUT2D eigenvalue weighted by molar-refractivity contribution is 5.85. The number of benzene rings is 1. The molecule has 0 amide bonds. The summed E-state index contributed by atoms with van der Waals surface area (Å²) in [5.74, 6) is 0.256. The van der Waals surface area contributed by atoms with Crippen molar-refractivity contribution in [1.82, 2.24) is 4.90 Å². The van der Waals surface area contributed by atoms with Gasteiger partial charge in [-0.05, 0) is 25.5 Å². The van der Waals surface area contributed by atoms with Crippen molar-refractivity contribution in [2.24, 2.45) is 5.73 Å². The van der Waals surface area contributed by atoms with Crippen LogP contribution >= 0.6 is 12.4 Å². The average molecular weight is 293 g/mol. The Bertz CT molecular complexity index is 393. The number of rotatable bonds is 4. The fraction of sp³-hybridized carbons (Fsp3) is 0.538. The Labute approximate surface area is 118 Å². The fourth-order valence-electron chi connectivity index (χ4n) is 2.32. The second-order valence-electron chi connectivity index (χ2n) is 4.62. The van der Waals surface area contributed by atoms with E-state index in [1.807, 2.05) is 12.1 Å². The van der Waals surface area contributed by atoms with Crippen LogP contribution < -0.4 is 10.5 Å². The molecule has 1 aromatic carbocycles. The molecular formula is C13H19ClF2N2O. The summed E-state index contributed by atoms with van der Waals surface area (Å²) in [6.45, 7) is -0.411. The number of alkyl halides is 2. The van der Waals surface area contributed by atoms with E-state index in [0.29, 0.717) is 6.54 Å². The van der Waals surface area contributed by atoms with Gasteiger partial charge in [0.15, 0.2) is 0 Å². The monoisotopic (exact) mass is 292 g/mol. The Hall–Kier alpha value is -0.910. The molecule has 6 heteroatoms. The molecule has 1 heterocycles. The molecule has 0 aliphatic carbocycles. The van der Waals surface area contributed by atoms with Crippen molar-refractivity contribution in [3.63, 3.8) is 0 Å². The van der Waals surface area contributed by atoms with E-state index < -0.39 is 6.61 Å². The van der Waals surface area contributed by atoms with Crippen molar-refractivity contribution < 1.29 is 13.5 Å². The van der Waals surface area contributed by atoms with Gasteiger partial charge >= 0.3 is 6.61 Å². The number of halogens is 3. The van der Waals surface area contributed by atoms with Crippen molar-refractivity contribution in [3.8, 4) is 5.75 Å². The minimum atomic E-state index is -2.78. The van der Waals surface area contributed by atoms with Gasteiger partial charge in [-0.15, -0.1) is 12.4 Å². The molecule has 1 aromatic rings. The van der Waals surface area contributed by atoms with Crippen LogP contribution in [0.15, 0.2) is 24.3 Å². The quantitative estimate of drug-likeness (QED) is 0.927. The molecule has 0 radical (unpaired) electrons. The minimum Gasteiger partial charge on any atom is -0.434 e. The smallest absolute Gasteiger partial charge is 0.387 e. The van der Waals surface area contributed by atoms with Gasteiger partial charge in [-0.2, -0.15) is 8.78 Å². The highest BCUT2D eigenvalue weighted by Crippen LogP contribution is 2.23. The van der Waals surface area contributed by atoms with Crippen LogP contribution in [0, 0.1) is 0 Å². The molecule has 1 aliphatic rings. The van der Waals surface area contributed by atoms with Gasteiger partial charge in [-0.1, -0.05) is 18.2 Å². The Morgan fingerprint density at radius 1 is 1.37 bits per heavy atom. The van der Waals surface area contributed by atoms with E-state index >= 15 is 0 Å². The standard InChI is InChI=1S/C13H18F2N2O.ClH/c14-13(15)18-12-6-2-1-4-10(12)8-17-7-3-5-11(16)9-17;/h1-2,4,6,11,13H,3,5,7-9,16H2;1H. The molecule has 1 aliphatic heterocycles. The van der Waals surface area contributed by atoms with Crippen LogP contribution in [0.2, 0.25) is 0 Å². The summed E-state index contributed by atoms with van der Waals surface area (Å²) in [6, 6.07) is 7.10. The third-order valence-electron chi connectivity index (χ3n) is 3.12. The summed E-state index contributed by atoms with van der Waals surface area (Å²) in [7, 11) is 0. The second kappa shape index (κ2) is 7.62. The number of nitrogens with zero attached hydrogens (tertiary/aromatic N) is 1. The summed E-state index contributed by atoms with van der Waals surface area (Å²) < 4.78 is 29.1. The maximum absolute atomic E-state index is 12.3. The molecule has 0 bridgehead atoms. The SMILES string of the molecule is Cl.NC1CCCN(Cc2ccccc2OC(F)F)C1. The molecule has 0 aromatic heterocycles. The Morgan fingerprint density at radius 3 is 2.79 bits per heavy atom. The van der Waals surface area contributed by atoms with Crippen LogP contribution in [0.4, 0.5) is 8.78 Å². The van der Waals surface area contributed by atoms with Crippen molar-refractivity contribution in [1.29, 1.82) is 0 Å². The molecule has 0 saturated carbocycles. The van der Waals surface area contributed by atoms with Gasteiger partial charge in [0, 0.05) is 24.7 Å². The van der Waals surface area contributed by atoms with Crippen molar-refractivity contribution >= 4 is 12.4 Å². The van der Waals surface area contributed by atoms with Gasteiger partial charge in [0.1, 0.15) is 5.75 Å². The fourth-order valence-corrected chi connectivity index (χ4v) is 2.32. The average Bonchev–Trinajstić information content (AvgIpc) is 2.31. The number of nitrogens with two attached hydrogens (primary N) is 1. The third kappa shape index (κ3) is 4.93. The molecule has 1 atom stereocenters. The van der Waals surface area contributed by atoms with Gasteiger partial charge in [0.05, 0.1) is 0 Å². The molecule has 108 valence electrons. The van der Waals surface area contributed by atoms with E-state index in [-0.39, 0.29) is 24.2 Å². The number of likely N-dealkylation sites (tertiary alicyclic amines) is 1. The minimum absolute atomic E-state index is 0. The van der Waals surface area contributed by atoms with Gasteiger partial charge in [0.2, 0.25) is 0 Å². The lowest BCUT2D eigenvalue weighted by Crippen LogP contribution is -2.42. The molecule has 0 spiro atoms. The van der Waals surface area contributed by atoms with Crippen LogP contribution in [0.3, 0.4) is 0 Å². The van der Waals surface area contributed by atoms with Crippen molar-refractivity contribution in [2.75, 3.05) is 13.1 Å². The number of hydrogen-bond acceptors (Lipinski definition) is 3. The van der Waals surface area contributed by atoms with Crippen LogP contribution in [0.25, 0.3) is 0 Å². The van der Waals surface area contributed by atoms with Crippen LogP contribution in [-0.4, -0.2) is 30.6 Å². The summed E-state index contributed by atoms with van der Waals surface area (Å²) >= 11 is 0. The molecule has 19 heavy (non-hydrogen) atoms. The lowest BCUT2D eigenvalue weighted by molar-refractivity contribution is -0.0508. The molecule has 2 rings (SSSR count). The molecule has 1 unspecified atom stereocenters. The third-order valence-corrected chi connectivity index (χ3v) is 3.12. The lowest BCUT2D eigenvalue weighted by Gasteiger charge is -2.31. The summed E-state index contributed by atoms with van der Waals surface area (Å²) in [6.07, 6.45) is 2.09. The predicted octanol–water partition coefficient (Wildman–Crippen LogP) is 2.63. The first-order valence-corrected chi connectivity index (χ1v) is 6.16. The maximum Gasteiger partial charge on any atom is 0.387 e. The van der Waals surface area contributed by atoms with E-state index in [9.17, 15) is 8.78 Å². The number of hydrogen-bond donors (Lipinski definition) is 1. The number of piperidine rings is 1. The summed E-state index contributed by atoms with van der Waals surface area (Å²) in [5, 5.41) is 0. The van der Waals surface area contributed by atoms with Crippen LogP contribution in [0.1, 0.15) is 18.4 Å². The predicted molar refractivity (Wildman–Crippen MR) is 72.8 cm³/mol. The Balaban J connectivity index is 0.00000180. The van der Waals surface area contributed by atoms with E-state index in [4.69, 9.17) is 5.73 Å². The first-order valence-electron chi connectivity index (χ1n) is 6.16. The summed E-state index contributed by atoms with van der Waals surface area (Å²) in [5.41, 5.74) is 6.69. The Kier molecular flexibility index (Phi) is 6.48. The zero-order valence-electron chi connectivity index (χ0n) is 10.6. The first-order chi connectivity index (χ1) is 8.65. The number of ether oxygens (including phenoxy) is 1. The van der Waals surface area contributed by atoms with Crippen LogP contribution in [0.5, 0.6) is 5.75 Å². The van der Waals surface area contributed by atoms with Gasteiger partial charge < -0.3 is 10.5 Å². The topological polar surface area (TPSA) is 38.5 Å². The van der Waals surface area contributed by atoms with Crippen molar-refractivity contribution in [2.45, 2.75) is 32.0 Å². The molecule has 2 N–H and O–H groups in total. The largest absolute Gasteiger partial charge is 0.434 e. The normalized spacial score (nSPS) is 20.1. The van der Waals surface area contributed by atoms with E-state index in [1.54, 1.807) is 12.1 Å². The maximum atomic E-state index is 12.3. The molecule has 3 nitrogen and oxygen atoms in total. The Morgan fingerprint density at radius 2 is 2.11 bits per heavy atom. The highest BCUT2D eigenvalue weighted by atomic mass is 35.5. The zero-order valence-corrected chi connectivity index (χ0v) is 11.4. The molecule has 1 saturated heterocycles. The highest BCUT2D eigenvalue weighted by Gasteiger charge is 2.18. The summed E-state index contributed by atoms with van der Waals surface area (Å²) in [4.78, 5) is 2.18. The van der Waals surface area contributed by atoms with Gasteiger partial charge in [-0.3, -0.25) is 4.90 Å². The lowest BCUT2D eigenvalue weighted by atomic mass is 10.1. The van der Waals surface area contributed by atoms with E-state index in [1.165, 1.54) is 0 Å². The van der Waals surface area contributed by atoms with Gasteiger partial charge in [0.25, 0.3) is 0 Å². The first kappa shape index (κ1) is 16.1.